The molecular formula is C22H26BrN3O3. The Labute approximate surface area is 179 Å². The standard InChI is InChI=1S/C22H26BrN3O3/c1-3-4-13-29-20-10-7-18(23)14-17(20)15-24-26-22(28)12-11-21(27)25-19-8-5-16(2)6-9-19/h5-10,14-15H,3-4,11-13H2,1-2H3,(H,25,27)(H,26,28). The quantitative estimate of drug-likeness (QED) is 0.304. The second-order valence-electron chi connectivity index (χ2n) is 6.59. The number of nitrogens with one attached hydrogen (secondary N) is 2. The van der Waals surface area contributed by atoms with Crippen LogP contribution in [0.1, 0.15) is 43.7 Å². The zero-order valence-corrected chi connectivity index (χ0v) is 18.3. The van der Waals surface area contributed by atoms with E-state index in [0.717, 1.165) is 28.4 Å². The molecule has 0 atom stereocenters. The monoisotopic (exact) mass is 459 g/mol. The lowest BCUT2D eigenvalue weighted by Gasteiger charge is -2.09. The van der Waals surface area contributed by atoms with Crippen molar-refractivity contribution in [1.82, 2.24) is 5.43 Å². The number of hydrogen-bond acceptors (Lipinski definition) is 4. The highest BCUT2D eigenvalue weighted by atomic mass is 79.9. The number of rotatable bonds is 10. The fraction of sp³-hybridized carbons (Fsp3) is 0.318. The molecule has 0 unspecified atom stereocenters. The summed E-state index contributed by atoms with van der Waals surface area (Å²) in [4.78, 5) is 23.9. The molecule has 2 amide bonds. The third kappa shape index (κ3) is 8.48. The van der Waals surface area contributed by atoms with Crippen molar-refractivity contribution in [2.45, 2.75) is 39.5 Å². The number of ether oxygens (including phenoxy) is 1. The lowest BCUT2D eigenvalue weighted by molar-refractivity contribution is -0.124. The molecule has 0 fully saturated rings. The number of anilines is 1. The van der Waals surface area contributed by atoms with Crippen LogP contribution in [-0.4, -0.2) is 24.6 Å². The number of halogens is 1. The van der Waals surface area contributed by atoms with Crippen LogP contribution in [0, 0.1) is 6.92 Å². The van der Waals surface area contributed by atoms with Crippen molar-refractivity contribution in [3.05, 3.63) is 58.1 Å². The normalized spacial score (nSPS) is 10.7. The van der Waals surface area contributed by atoms with Gasteiger partial charge in [-0.05, 0) is 43.7 Å². The van der Waals surface area contributed by atoms with Crippen LogP contribution >= 0.6 is 15.9 Å². The van der Waals surface area contributed by atoms with Gasteiger partial charge in [-0.1, -0.05) is 47.0 Å². The van der Waals surface area contributed by atoms with E-state index in [-0.39, 0.29) is 24.7 Å². The number of hydrogen-bond donors (Lipinski definition) is 2. The van der Waals surface area contributed by atoms with Crippen molar-refractivity contribution in [3.63, 3.8) is 0 Å². The summed E-state index contributed by atoms with van der Waals surface area (Å²) in [7, 11) is 0. The minimum absolute atomic E-state index is 0.0490. The Morgan fingerprint density at radius 2 is 1.83 bits per heavy atom. The summed E-state index contributed by atoms with van der Waals surface area (Å²) in [5.74, 6) is 0.160. The van der Waals surface area contributed by atoms with Crippen LogP contribution in [-0.2, 0) is 9.59 Å². The molecule has 6 nitrogen and oxygen atoms in total. The Hall–Kier alpha value is -2.67. The number of hydrazone groups is 1. The second kappa shape index (κ2) is 12.0. The predicted molar refractivity (Wildman–Crippen MR) is 119 cm³/mol. The van der Waals surface area contributed by atoms with Gasteiger partial charge < -0.3 is 10.1 Å². The highest BCUT2D eigenvalue weighted by molar-refractivity contribution is 9.10. The molecule has 0 spiro atoms. The molecule has 0 radical (unpaired) electrons. The number of unbranched alkanes of at least 4 members (excludes halogenated alkanes) is 1. The average molecular weight is 460 g/mol. The topological polar surface area (TPSA) is 79.8 Å². The van der Waals surface area contributed by atoms with Crippen molar-refractivity contribution in [2.75, 3.05) is 11.9 Å². The number of aryl methyl sites for hydroxylation is 1. The van der Waals surface area contributed by atoms with E-state index in [9.17, 15) is 9.59 Å². The van der Waals surface area contributed by atoms with Crippen LogP contribution in [0.15, 0.2) is 52.0 Å². The van der Waals surface area contributed by atoms with Crippen molar-refractivity contribution < 1.29 is 14.3 Å². The van der Waals surface area contributed by atoms with Crippen LogP contribution in [0.2, 0.25) is 0 Å². The van der Waals surface area contributed by atoms with E-state index < -0.39 is 0 Å². The largest absolute Gasteiger partial charge is 0.493 e. The molecule has 29 heavy (non-hydrogen) atoms. The van der Waals surface area contributed by atoms with Gasteiger partial charge in [-0.25, -0.2) is 5.43 Å². The van der Waals surface area contributed by atoms with E-state index >= 15 is 0 Å². The molecule has 0 heterocycles. The first kappa shape index (κ1) is 22.6. The molecule has 0 saturated heterocycles. The van der Waals surface area contributed by atoms with Gasteiger partial charge in [0.1, 0.15) is 5.75 Å². The fourth-order valence-electron chi connectivity index (χ4n) is 2.40. The smallest absolute Gasteiger partial charge is 0.240 e. The summed E-state index contributed by atoms with van der Waals surface area (Å²) < 4.78 is 6.64. The first-order valence-corrected chi connectivity index (χ1v) is 10.4. The summed E-state index contributed by atoms with van der Waals surface area (Å²) in [6.07, 6.45) is 3.68. The first-order valence-electron chi connectivity index (χ1n) is 9.58. The number of carbonyl (C=O) groups is 2. The Morgan fingerprint density at radius 3 is 2.55 bits per heavy atom. The first-order chi connectivity index (χ1) is 14.0. The molecule has 2 aromatic rings. The van der Waals surface area contributed by atoms with Gasteiger partial charge in [-0.3, -0.25) is 9.59 Å². The maximum Gasteiger partial charge on any atom is 0.240 e. The van der Waals surface area contributed by atoms with Crippen molar-refractivity contribution in [2.24, 2.45) is 5.10 Å². The molecule has 0 aliphatic carbocycles. The molecule has 2 N–H and O–H groups in total. The molecule has 0 bridgehead atoms. The molecule has 0 aliphatic rings. The van der Waals surface area contributed by atoms with Crippen LogP contribution in [0.5, 0.6) is 5.75 Å². The molecule has 7 heteroatoms. The van der Waals surface area contributed by atoms with E-state index in [0.29, 0.717) is 18.0 Å². The highest BCUT2D eigenvalue weighted by Crippen LogP contribution is 2.22. The van der Waals surface area contributed by atoms with E-state index in [4.69, 9.17) is 4.74 Å². The summed E-state index contributed by atoms with van der Waals surface area (Å²) in [5, 5.41) is 6.75. The third-order valence-corrected chi connectivity index (χ3v) is 4.53. The van der Waals surface area contributed by atoms with Crippen LogP contribution in [0.25, 0.3) is 0 Å². The molecular weight excluding hydrogens is 434 g/mol. The SMILES string of the molecule is CCCCOc1ccc(Br)cc1C=NNC(=O)CCC(=O)Nc1ccc(C)cc1. The Kier molecular flexibility index (Phi) is 9.37. The maximum absolute atomic E-state index is 12.0. The van der Waals surface area contributed by atoms with Crippen molar-refractivity contribution in [1.29, 1.82) is 0 Å². The maximum atomic E-state index is 12.0. The van der Waals surface area contributed by atoms with E-state index in [1.807, 2.05) is 49.4 Å². The van der Waals surface area contributed by atoms with Crippen LogP contribution in [0.4, 0.5) is 5.69 Å². The summed E-state index contributed by atoms with van der Waals surface area (Å²) in [6.45, 7) is 4.70. The summed E-state index contributed by atoms with van der Waals surface area (Å²) >= 11 is 3.42. The average Bonchev–Trinajstić information content (AvgIpc) is 2.70. The minimum Gasteiger partial charge on any atom is -0.493 e. The van der Waals surface area contributed by atoms with E-state index in [1.165, 1.54) is 6.21 Å². The molecule has 2 rings (SSSR count). The Morgan fingerprint density at radius 1 is 1.10 bits per heavy atom. The van der Waals surface area contributed by atoms with Gasteiger partial charge in [0.25, 0.3) is 0 Å². The van der Waals surface area contributed by atoms with Crippen LogP contribution < -0.4 is 15.5 Å². The lowest BCUT2D eigenvalue weighted by atomic mass is 10.2. The third-order valence-electron chi connectivity index (χ3n) is 4.03. The number of benzene rings is 2. The van der Waals surface area contributed by atoms with Gasteiger partial charge in [-0.2, -0.15) is 5.10 Å². The van der Waals surface area contributed by atoms with Gasteiger partial charge in [-0.15, -0.1) is 0 Å². The Balaban J connectivity index is 1.80. The molecule has 0 saturated carbocycles. The van der Waals surface area contributed by atoms with E-state index in [2.05, 4.69) is 38.7 Å². The van der Waals surface area contributed by atoms with Crippen molar-refractivity contribution in [3.8, 4) is 5.75 Å². The number of nitrogens with zero attached hydrogens (tertiary/aromatic N) is 1. The summed E-state index contributed by atoms with van der Waals surface area (Å²) in [5.41, 5.74) is 5.04. The van der Waals surface area contributed by atoms with Crippen molar-refractivity contribution >= 4 is 39.6 Å². The van der Waals surface area contributed by atoms with Gasteiger partial charge in [0.2, 0.25) is 11.8 Å². The predicted octanol–water partition coefficient (Wildman–Crippen LogP) is 4.81. The number of carbonyl (C=O) groups excluding carboxylic acids is 2. The molecule has 154 valence electrons. The molecule has 2 aromatic carbocycles. The zero-order chi connectivity index (χ0) is 21.1. The van der Waals surface area contributed by atoms with E-state index in [1.54, 1.807) is 0 Å². The molecule has 0 aliphatic heterocycles. The van der Waals surface area contributed by atoms with Crippen LogP contribution in [0.3, 0.4) is 0 Å². The fourth-order valence-corrected chi connectivity index (χ4v) is 2.77. The molecule has 0 aromatic heterocycles. The number of amides is 2. The summed E-state index contributed by atoms with van der Waals surface area (Å²) in [6, 6.07) is 13.1. The van der Waals surface area contributed by atoms with Gasteiger partial charge >= 0.3 is 0 Å². The van der Waals surface area contributed by atoms with Gasteiger partial charge in [0.15, 0.2) is 0 Å². The van der Waals surface area contributed by atoms with Gasteiger partial charge in [0, 0.05) is 28.6 Å². The van der Waals surface area contributed by atoms with Gasteiger partial charge in [0.05, 0.1) is 12.8 Å². The zero-order valence-electron chi connectivity index (χ0n) is 16.7. The lowest BCUT2D eigenvalue weighted by Crippen LogP contribution is -2.20. The second-order valence-corrected chi connectivity index (χ2v) is 7.51. The highest BCUT2D eigenvalue weighted by Gasteiger charge is 2.07. The minimum atomic E-state index is -0.330. The Bertz CT molecular complexity index is 851.